The molecule has 0 aliphatic heterocycles. The smallest absolute Gasteiger partial charge is 0.434 e. The van der Waals surface area contributed by atoms with Gasteiger partial charge in [0.25, 0.3) is 6.10 Å². The van der Waals surface area contributed by atoms with Crippen molar-refractivity contribution in [3.05, 3.63) is 29.6 Å². The van der Waals surface area contributed by atoms with Crippen molar-refractivity contribution >= 4 is 0 Å². The standard InChI is InChI=1S/C11H10F7NO/c1-5(19)7-4-6(12)2-3-8(7)20-9(10(13,14)15)11(16,17)18/h2-5,9H,19H2,1H3/t5-/m0/s1. The first-order valence-electron chi connectivity index (χ1n) is 5.28. The Labute approximate surface area is 109 Å². The molecule has 2 nitrogen and oxygen atoms in total. The maximum absolute atomic E-state index is 13.0. The molecule has 1 rings (SSSR count). The largest absolute Gasteiger partial charge is 0.471 e. The molecule has 0 aliphatic rings. The van der Waals surface area contributed by atoms with Crippen molar-refractivity contribution in [2.45, 2.75) is 31.4 Å². The molecule has 0 fully saturated rings. The van der Waals surface area contributed by atoms with Crippen molar-refractivity contribution in [3.8, 4) is 5.75 Å². The zero-order valence-corrected chi connectivity index (χ0v) is 10.0. The molecule has 1 aromatic rings. The highest BCUT2D eigenvalue weighted by atomic mass is 19.4. The van der Waals surface area contributed by atoms with Crippen molar-refractivity contribution in [2.24, 2.45) is 5.73 Å². The topological polar surface area (TPSA) is 35.2 Å². The molecule has 0 amide bonds. The molecule has 9 heteroatoms. The Hall–Kier alpha value is -1.51. The highest BCUT2D eigenvalue weighted by Crippen LogP contribution is 2.38. The Bertz CT molecular complexity index is 453. The van der Waals surface area contributed by atoms with Gasteiger partial charge in [-0.1, -0.05) is 0 Å². The van der Waals surface area contributed by atoms with Gasteiger partial charge >= 0.3 is 12.4 Å². The van der Waals surface area contributed by atoms with Crippen LogP contribution < -0.4 is 10.5 Å². The second-order valence-corrected chi connectivity index (χ2v) is 4.05. The van der Waals surface area contributed by atoms with Crippen LogP contribution in [0.25, 0.3) is 0 Å². The molecule has 2 N–H and O–H groups in total. The molecular weight excluding hydrogens is 295 g/mol. The number of hydrogen-bond donors (Lipinski definition) is 1. The van der Waals surface area contributed by atoms with Crippen LogP contribution in [0.3, 0.4) is 0 Å². The normalized spacial score (nSPS) is 14.5. The average Bonchev–Trinajstić information content (AvgIpc) is 2.23. The predicted molar refractivity (Wildman–Crippen MR) is 55.5 cm³/mol. The van der Waals surface area contributed by atoms with Crippen molar-refractivity contribution in [3.63, 3.8) is 0 Å². The van der Waals surface area contributed by atoms with E-state index in [9.17, 15) is 30.7 Å². The van der Waals surface area contributed by atoms with Crippen LogP contribution in [0.5, 0.6) is 5.75 Å². The van der Waals surface area contributed by atoms with E-state index in [1.54, 1.807) is 0 Å². The monoisotopic (exact) mass is 305 g/mol. The summed E-state index contributed by atoms with van der Waals surface area (Å²) in [7, 11) is 0. The number of rotatable bonds is 3. The number of hydrogen-bond acceptors (Lipinski definition) is 2. The summed E-state index contributed by atoms with van der Waals surface area (Å²) >= 11 is 0. The number of halogens is 7. The quantitative estimate of drug-likeness (QED) is 0.864. The Kier molecular flexibility index (Phi) is 4.52. The second-order valence-electron chi connectivity index (χ2n) is 4.05. The van der Waals surface area contributed by atoms with Crippen LogP contribution in [-0.4, -0.2) is 18.5 Å². The fraction of sp³-hybridized carbons (Fsp3) is 0.455. The lowest BCUT2D eigenvalue weighted by atomic mass is 10.1. The summed E-state index contributed by atoms with van der Waals surface area (Å²) in [4.78, 5) is 0. The van der Waals surface area contributed by atoms with Gasteiger partial charge in [-0.05, 0) is 25.1 Å². The Morgan fingerprint density at radius 3 is 1.95 bits per heavy atom. The van der Waals surface area contributed by atoms with E-state index in [4.69, 9.17) is 5.73 Å². The highest BCUT2D eigenvalue weighted by molar-refractivity contribution is 5.36. The van der Waals surface area contributed by atoms with Crippen LogP contribution >= 0.6 is 0 Å². The Morgan fingerprint density at radius 1 is 1.05 bits per heavy atom. The van der Waals surface area contributed by atoms with Crippen LogP contribution in [0.1, 0.15) is 18.5 Å². The van der Waals surface area contributed by atoms with E-state index < -0.39 is 36.1 Å². The lowest BCUT2D eigenvalue weighted by Gasteiger charge is -2.25. The lowest BCUT2D eigenvalue weighted by Crippen LogP contribution is -2.46. The van der Waals surface area contributed by atoms with E-state index in [-0.39, 0.29) is 5.56 Å². The van der Waals surface area contributed by atoms with Gasteiger partial charge < -0.3 is 10.5 Å². The van der Waals surface area contributed by atoms with Gasteiger partial charge in [-0.25, -0.2) is 4.39 Å². The van der Waals surface area contributed by atoms with E-state index in [1.165, 1.54) is 6.92 Å². The van der Waals surface area contributed by atoms with Crippen molar-refractivity contribution < 1.29 is 35.5 Å². The first-order valence-corrected chi connectivity index (χ1v) is 5.28. The van der Waals surface area contributed by atoms with Gasteiger partial charge in [0.2, 0.25) is 0 Å². The molecule has 1 aromatic carbocycles. The zero-order chi connectivity index (χ0) is 15.7. The molecule has 20 heavy (non-hydrogen) atoms. The third-order valence-corrected chi connectivity index (χ3v) is 2.30. The number of benzene rings is 1. The molecule has 0 saturated heterocycles. The molecule has 114 valence electrons. The first-order chi connectivity index (χ1) is 8.93. The fourth-order valence-corrected chi connectivity index (χ4v) is 1.43. The maximum Gasteiger partial charge on any atom is 0.434 e. The molecular formula is C11H10F7NO. The summed E-state index contributed by atoms with van der Waals surface area (Å²) in [6.07, 6.45) is -15.3. The Balaban J connectivity index is 3.19. The van der Waals surface area contributed by atoms with Crippen LogP contribution in [-0.2, 0) is 0 Å². The van der Waals surface area contributed by atoms with E-state index in [0.29, 0.717) is 12.1 Å². The third-order valence-electron chi connectivity index (χ3n) is 2.30. The van der Waals surface area contributed by atoms with Gasteiger partial charge in [0.15, 0.2) is 0 Å². The van der Waals surface area contributed by atoms with Gasteiger partial charge in [-0.15, -0.1) is 0 Å². The minimum absolute atomic E-state index is 0.288. The van der Waals surface area contributed by atoms with Crippen molar-refractivity contribution in [1.29, 1.82) is 0 Å². The summed E-state index contributed by atoms with van der Waals surface area (Å²) in [6.45, 7) is 1.28. The van der Waals surface area contributed by atoms with Crippen LogP contribution in [0.2, 0.25) is 0 Å². The zero-order valence-electron chi connectivity index (χ0n) is 10.0. The minimum Gasteiger partial charge on any atom is -0.471 e. The predicted octanol–water partition coefficient (Wildman–Crippen LogP) is 3.72. The second kappa shape index (κ2) is 5.47. The SMILES string of the molecule is C[C@H](N)c1cc(F)ccc1OC(C(F)(F)F)C(F)(F)F. The summed E-state index contributed by atoms with van der Waals surface area (Å²) in [6, 6.07) is 1.09. The fourth-order valence-electron chi connectivity index (χ4n) is 1.43. The summed E-state index contributed by atoms with van der Waals surface area (Å²) < 4.78 is 91.1. The molecule has 0 saturated carbocycles. The first kappa shape index (κ1) is 16.5. The lowest BCUT2D eigenvalue weighted by molar-refractivity contribution is -0.300. The summed E-state index contributed by atoms with van der Waals surface area (Å²) in [5.74, 6) is -1.61. The number of alkyl halides is 6. The maximum atomic E-state index is 13.0. The minimum atomic E-state index is -5.65. The van der Waals surface area contributed by atoms with Gasteiger partial charge in [0.1, 0.15) is 11.6 Å². The van der Waals surface area contributed by atoms with E-state index in [0.717, 1.165) is 6.07 Å². The molecule has 1 atom stereocenters. The molecule has 0 aliphatic carbocycles. The van der Waals surface area contributed by atoms with E-state index >= 15 is 0 Å². The van der Waals surface area contributed by atoms with Gasteiger partial charge in [0, 0.05) is 11.6 Å². The van der Waals surface area contributed by atoms with Crippen LogP contribution in [0, 0.1) is 5.82 Å². The third kappa shape index (κ3) is 3.99. The van der Waals surface area contributed by atoms with E-state index in [1.807, 2.05) is 0 Å². The molecule has 0 spiro atoms. The van der Waals surface area contributed by atoms with E-state index in [2.05, 4.69) is 4.74 Å². The summed E-state index contributed by atoms with van der Waals surface area (Å²) in [5.41, 5.74) is 5.08. The van der Waals surface area contributed by atoms with Gasteiger partial charge in [0.05, 0.1) is 0 Å². The average molecular weight is 305 g/mol. The van der Waals surface area contributed by atoms with Gasteiger partial charge in [-0.2, -0.15) is 26.3 Å². The Morgan fingerprint density at radius 2 is 1.55 bits per heavy atom. The van der Waals surface area contributed by atoms with Crippen LogP contribution in [0.15, 0.2) is 18.2 Å². The molecule has 0 unspecified atom stereocenters. The molecule has 0 bridgehead atoms. The van der Waals surface area contributed by atoms with Crippen LogP contribution in [0.4, 0.5) is 30.7 Å². The number of nitrogens with two attached hydrogens (primary N) is 1. The van der Waals surface area contributed by atoms with Crippen molar-refractivity contribution in [2.75, 3.05) is 0 Å². The molecule has 0 radical (unpaired) electrons. The molecule has 0 heterocycles. The summed E-state index contributed by atoms with van der Waals surface area (Å²) in [5, 5.41) is 0. The van der Waals surface area contributed by atoms with Gasteiger partial charge in [-0.3, -0.25) is 0 Å². The highest BCUT2D eigenvalue weighted by Gasteiger charge is 2.59. The van der Waals surface area contributed by atoms with Crippen molar-refractivity contribution in [1.82, 2.24) is 0 Å². The number of ether oxygens (including phenoxy) is 1. The molecule has 0 aromatic heterocycles.